The van der Waals surface area contributed by atoms with E-state index in [1.54, 1.807) is 47.4 Å². The monoisotopic (exact) mass is 430 g/mol. The van der Waals surface area contributed by atoms with Gasteiger partial charge in [-0.1, -0.05) is 35.9 Å². The van der Waals surface area contributed by atoms with Gasteiger partial charge in [-0.25, -0.2) is 9.59 Å². The second-order valence-electron chi connectivity index (χ2n) is 7.11. The van der Waals surface area contributed by atoms with Crippen molar-refractivity contribution in [2.45, 2.75) is 31.7 Å². The number of hydrogen-bond donors (Lipinski definition) is 2. The molecule has 0 spiro atoms. The average Bonchev–Trinajstić information content (AvgIpc) is 2.75. The van der Waals surface area contributed by atoms with E-state index in [9.17, 15) is 19.5 Å². The summed E-state index contributed by atoms with van der Waals surface area (Å²) < 4.78 is 5.38. The zero-order valence-electron chi connectivity index (χ0n) is 16.3. The van der Waals surface area contributed by atoms with E-state index < -0.39 is 17.9 Å². The third-order valence-electron chi connectivity index (χ3n) is 4.90. The van der Waals surface area contributed by atoms with Crippen molar-refractivity contribution < 1.29 is 24.2 Å². The quantitative estimate of drug-likeness (QED) is 0.727. The zero-order valence-corrected chi connectivity index (χ0v) is 17.1. The fraction of sp³-hybridized carbons (Fsp3) is 0.318. The Bertz CT molecular complexity index is 910. The summed E-state index contributed by atoms with van der Waals surface area (Å²) in [6.07, 6.45) is 2.77. The first kappa shape index (κ1) is 21.6. The molecule has 1 atom stereocenters. The number of carbonyl (C=O) groups excluding carboxylic acids is 2. The second-order valence-corrected chi connectivity index (χ2v) is 7.52. The highest BCUT2D eigenvalue weighted by molar-refractivity contribution is 6.33. The van der Waals surface area contributed by atoms with Crippen LogP contribution in [0.3, 0.4) is 0 Å². The molecule has 2 N–H and O–H groups in total. The van der Waals surface area contributed by atoms with Gasteiger partial charge in [0.2, 0.25) is 0 Å². The van der Waals surface area contributed by atoms with Gasteiger partial charge in [0.15, 0.2) is 0 Å². The van der Waals surface area contributed by atoms with E-state index in [0.29, 0.717) is 24.4 Å². The van der Waals surface area contributed by atoms with Crippen LogP contribution in [0.15, 0.2) is 48.5 Å². The van der Waals surface area contributed by atoms with Crippen LogP contribution in [-0.4, -0.2) is 47.1 Å². The van der Waals surface area contributed by atoms with Crippen LogP contribution < -0.4 is 10.1 Å². The van der Waals surface area contributed by atoms with Crippen molar-refractivity contribution in [2.24, 2.45) is 0 Å². The van der Waals surface area contributed by atoms with Gasteiger partial charge in [0, 0.05) is 19.5 Å². The van der Waals surface area contributed by atoms with Crippen molar-refractivity contribution in [3.8, 4) is 5.75 Å². The Morgan fingerprint density at radius 3 is 2.33 bits per heavy atom. The molecule has 8 heteroatoms. The zero-order chi connectivity index (χ0) is 21.5. The molecule has 2 amide bonds. The minimum absolute atomic E-state index is 0.0753. The number of nitrogens with zero attached hydrogens (tertiary/aromatic N) is 1. The first-order chi connectivity index (χ1) is 14.4. The van der Waals surface area contributed by atoms with Gasteiger partial charge in [-0.2, -0.15) is 0 Å². The Morgan fingerprint density at radius 2 is 1.70 bits per heavy atom. The lowest BCUT2D eigenvalue weighted by Crippen LogP contribution is -2.42. The van der Waals surface area contributed by atoms with Crippen molar-refractivity contribution >= 4 is 29.6 Å². The molecule has 1 unspecified atom stereocenters. The maximum atomic E-state index is 12.4. The molecule has 2 aromatic carbocycles. The van der Waals surface area contributed by atoms with Gasteiger partial charge < -0.3 is 20.1 Å². The fourth-order valence-electron chi connectivity index (χ4n) is 3.25. The lowest BCUT2D eigenvalue weighted by atomic mass is 10.1. The van der Waals surface area contributed by atoms with Gasteiger partial charge in [-0.3, -0.25) is 4.79 Å². The molecule has 1 aliphatic heterocycles. The molecule has 0 aliphatic carbocycles. The number of halogens is 1. The predicted octanol–water partition coefficient (Wildman–Crippen LogP) is 3.75. The lowest BCUT2D eigenvalue weighted by molar-refractivity contribution is -0.139. The van der Waals surface area contributed by atoms with Gasteiger partial charge >= 0.3 is 12.1 Å². The van der Waals surface area contributed by atoms with E-state index in [1.165, 1.54) is 6.07 Å². The summed E-state index contributed by atoms with van der Waals surface area (Å²) in [7, 11) is 0. The van der Waals surface area contributed by atoms with Gasteiger partial charge in [-0.05, 0) is 49.1 Å². The number of piperidine rings is 1. The Morgan fingerprint density at radius 1 is 1.03 bits per heavy atom. The van der Waals surface area contributed by atoms with Crippen molar-refractivity contribution in [3.63, 3.8) is 0 Å². The van der Waals surface area contributed by atoms with Crippen LogP contribution in [0.25, 0.3) is 0 Å². The van der Waals surface area contributed by atoms with Gasteiger partial charge in [0.1, 0.15) is 11.8 Å². The number of likely N-dealkylation sites (tertiary alicyclic amines) is 1. The van der Waals surface area contributed by atoms with E-state index in [2.05, 4.69) is 5.32 Å². The third kappa shape index (κ3) is 5.73. The average molecular weight is 431 g/mol. The number of nitrogens with one attached hydrogen (secondary N) is 1. The number of benzene rings is 2. The van der Waals surface area contributed by atoms with E-state index in [4.69, 9.17) is 16.3 Å². The highest BCUT2D eigenvalue weighted by atomic mass is 35.5. The summed E-state index contributed by atoms with van der Waals surface area (Å²) in [6.45, 7) is 1.39. The summed E-state index contributed by atoms with van der Waals surface area (Å²) in [5.74, 6) is -1.32. The number of carboxylic acids is 1. The molecule has 1 aliphatic rings. The van der Waals surface area contributed by atoms with Crippen molar-refractivity contribution in [1.29, 1.82) is 0 Å². The smallest absolute Gasteiger partial charge is 0.415 e. The predicted molar refractivity (Wildman–Crippen MR) is 112 cm³/mol. The Labute approximate surface area is 179 Å². The highest BCUT2D eigenvalue weighted by Crippen LogP contribution is 2.18. The molecule has 0 saturated carbocycles. The maximum absolute atomic E-state index is 12.4. The van der Waals surface area contributed by atoms with Crippen molar-refractivity contribution in [1.82, 2.24) is 10.2 Å². The van der Waals surface area contributed by atoms with Gasteiger partial charge in [0.25, 0.3) is 5.91 Å². The van der Waals surface area contributed by atoms with Crippen molar-refractivity contribution in [2.75, 3.05) is 13.1 Å². The van der Waals surface area contributed by atoms with Crippen LogP contribution in [0, 0.1) is 0 Å². The Balaban J connectivity index is 1.60. The van der Waals surface area contributed by atoms with E-state index in [1.807, 2.05) is 0 Å². The number of aliphatic carboxylic acids is 1. The number of carboxylic acid groups (broad SMARTS) is 1. The fourth-order valence-corrected chi connectivity index (χ4v) is 3.47. The molecule has 0 bridgehead atoms. The molecule has 2 aromatic rings. The largest absolute Gasteiger partial charge is 0.480 e. The number of hydrogen-bond acceptors (Lipinski definition) is 4. The van der Waals surface area contributed by atoms with Gasteiger partial charge in [-0.15, -0.1) is 0 Å². The molecule has 30 heavy (non-hydrogen) atoms. The third-order valence-corrected chi connectivity index (χ3v) is 5.23. The molecule has 1 fully saturated rings. The summed E-state index contributed by atoms with van der Waals surface area (Å²) in [4.78, 5) is 37.8. The first-order valence-corrected chi connectivity index (χ1v) is 10.2. The molecule has 1 heterocycles. The highest BCUT2D eigenvalue weighted by Gasteiger charge is 2.23. The topological polar surface area (TPSA) is 95.9 Å². The number of carbonyl (C=O) groups is 3. The lowest BCUT2D eigenvalue weighted by Gasteiger charge is -2.25. The Kier molecular flexibility index (Phi) is 7.30. The molecule has 1 saturated heterocycles. The molecule has 7 nitrogen and oxygen atoms in total. The molecular weight excluding hydrogens is 408 g/mol. The van der Waals surface area contributed by atoms with Crippen LogP contribution >= 0.6 is 11.6 Å². The summed E-state index contributed by atoms with van der Waals surface area (Å²) in [6, 6.07) is 11.9. The minimum atomic E-state index is -1.16. The molecule has 158 valence electrons. The second kappa shape index (κ2) is 10.1. The number of ether oxygens (including phenoxy) is 1. The van der Waals surface area contributed by atoms with Crippen LogP contribution in [0.5, 0.6) is 5.75 Å². The van der Waals surface area contributed by atoms with Crippen LogP contribution in [0.2, 0.25) is 5.02 Å². The van der Waals surface area contributed by atoms with Crippen molar-refractivity contribution in [3.05, 3.63) is 64.7 Å². The molecular formula is C22H23ClN2O5. The minimum Gasteiger partial charge on any atom is -0.480 e. The van der Waals surface area contributed by atoms with E-state index >= 15 is 0 Å². The van der Waals surface area contributed by atoms with Gasteiger partial charge in [0.05, 0.1) is 10.6 Å². The van der Waals surface area contributed by atoms with Crippen LogP contribution in [-0.2, 0) is 11.2 Å². The SMILES string of the molecule is O=C(NC(Cc1ccc(OC(=O)N2CCCCC2)cc1)C(=O)O)c1ccccc1Cl. The summed E-state index contributed by atoms with van der Waals surface area (Å²) >= 11 is 6.00. The summed E-state index contributed by atoms with van der Waals surface area (Å²) in [5, 5.41) is 12.2. The number of amides is 2. The Hall–Kier alpha value is -3.06. The molecule has 0 aromatic heterocycles. The molecule has 0 radical (unpaired) electrons. The van der Waals surface area contributed by atoms with Crippen LogP contribution in [0.1, 0.15) is 35.2 Å². The number of rotatable bonds is 6. The maximum Gasteiger partial charge on any atom is 0.415 e. The van der Waals surface area contributed by atoms with E-state index in [0.717, 1.165) is 19.3 Å². The standard InChI is InChI=1S/C22H23ClN2O5/c23-18-7-3-2-6-17(18)20(26)24-19(21(27)28)14-15-8-10-16(11-9-15)30-22(29)25-12-4-1-5-13-25/h2-3,6-11,19H,1,4-5,12-14H2,(H,24,26)(H,27,28). The van der Waals surface area contributed by atoms with Crippen LogP contribution in [0.4, 0.5) is 4.79 Å². The first-order valence-electron chi connectivity index (χ1n) is 9.78. The summed E-state index contributed by atoms with van der Waals surface area (Å²) in [5.41, 5.74) is 0.894. The molecule has 3 rings (SSSR count). The van der Waals surface area contributed by atoms with E-state index in [-0.39, 0.29) is 23.1 Å². The normalized spacial score (nSPS) is 14.6.